The second-order valence-corrected chi connectivity index (χ2v) is 2.85. The molecule has 1 heterocycles. The largest absolute Gasteiger partial charge is 0.508 e. The van der Waals surface area contributed by atoms with Gasteiger partial charge in [-0.15, -0.1) is 10.2 Å². The average Bonchev–Trinajstić information content (AvgIpc) is 2.67. The molecule has 0 radical (unpaired) electrons. The number of aromatic carboxylic acids is 1. The molecule has 6 heteroatoms. The number of benzene rings is 1. The number of aromatic hydroxyl groups is 1. The molecule has 0 fully saturated rings. The van der Waals surface area contributed by atoms with Crippen molar-refractivity contribution in [3.05, 3.63) is 36.4 Å². The number of nitrogens with zero attached hydrogens (tertiary/aromatic N) is 3. The van der Waals surface area contributed by atoms with Crippen LogP contribution in [-0.2, 0) is 0 Å². The van der Waals surface area contributed by atoms with Crippen molar-refractivity contribution in [2.45, 2.75) is 0 Å². The zero-order valence-corrected chi connectivity index (χ0v) is 7.53. The molecular weight excluding hydrogens is 198 g/mol. The maximum atomic E-state index is 10.8. The van der Waals surface area contributed by atoms with Gasteiger partial charge >= 0.3 is 5.97 Å². The maximum absolute atomic E-state index is 10.8. The van der Waals surface area contributed by atoms with Crippen LogP contribution in [0.25, 0.3) is 5.69 Å². The normalized spacial score (nSPS) is 10.1. The monoisotopic (exact) mass is 205 g/mol. The van der Waals surface area contributed by atoms with Crippen LogP contribution in [0.3, 0.4) is 0 Å². The van der Waals surface area contributed by atoms with Crippen LogP contribution < -0.4 is 0 Å². The number of aromatic nitrogens is 3. The van der Waals surface area contributed by atoms with Gasteiger partial charge in [0, 0.05) is 5.69 Å². The van der Waals surface area contributed by atoms with E-state index in [2.05, 4.69) is 10.2 Å². The molecule has 0 spiro atoms. The molecule has 1 aromatic heterocycles. The van der Waals surface area contributed by atoms with Gasteiger partial charge in [0.15, 0.2) is 0 Å². The highest BCUT2D eigenvalue weighted by Crippen LogP contribution is 2.14. The number of carboxylic acid groups (broad SMARTS) is 1. The van der Waals surface area contributed by atoms with Crippen LogP contribution in [0.2, 0.25) is 0 Å². The Balaban J connectivity index is 2.49. The van der Waals surface area contributed by atoms with E-state index in [9.17, 15) is 4.79 Å². The molecular formula is C9H7N3O3. The van der Waals surface area contributed by atoms with E-state index >= 15 is 0 Å². The zero-order valence-electron chi connectivity index (χ0n) is 7.53. The van der Waals surface area contributed by atoms with E-state index in [4.69, 9.17) is 10.2 Å². The van der Waals surface area contributed by atoms with E-state index in [0.717, 1.165) is 0 Å². The van der Waals surface area contributed by atoms with Crippen molar-refractivity contribution in [2.24, 2.45) is 0 Å². The van der Waals surface area contributed by atoms with Gasteiger partial charge < -0.3 is 10.2 Å². The zero-order chi connectivity index (χ0) is 10.8. The minimum absolute atomic E-state index is 0.115. The Morgan fingerprint density at radius 1 is 1.27 bits per heavy atom. The van der Waals surface area contributed by atoms with Crippen molar-refractivity contribution >= 4 is 5.97 Å². The summed E-state index contributed by atoms with van der Waals surface area (Å²) in [7, 11) is 0. The lowest BCUT2D eigenvalue weighted by molar-refractivity contribution is 0.0681. The highest BCUT2D eigenvalue weighted by Gasteiger charge is 2.12. The SMILES string of the molecule is O=C(O)c1nncn1-c1ccc(O)cc1. The lowest BCUT2D eigenvalue weighted by atomic mass is 10.3. The van der Waals surface area contributed by atoms with Crippen LogP contribution >= 0.6 is 0 Å². The molecule has 0 amide bonds. The van der Waals surface area contributed by atoms with Crippen molar-refractivity contribution < 1.29 is 15.0 Å². The van der Waals surface area contributed by atoms with Crippen LogP contribution in [0, 0.1) is 0 Å². The summed E-state index contributed by atoms with van der Waals surface area (Å²) in [5.41, 5.74) is 0.579. The summed E-state index contributed by atoms with van der Waals surface area (Å²) < 4.78 is 1.32. The van der Waals surface area contributed by atoms with Gasteiger partial charge in [0.2, 0.25) is 5.82 Å². The highest BCUT2D eigenvalue weighted by atomic mass is 16.4. The minimum Gasteiger partial charge on any atom is -0.508 e. The van der Waals surface area contributed by atoms with Crippen LogP contribution in [0.15, 0.2) is 30.6 Å². The molecule has 0 atom stereocenters. The summed E-state index contributed by atoms with van der Waals surface area (Å²) in [5.74, 6) is -1.20. The molecule has 2 aromatic rings. The van der Waals surface area contributed by atoms with E-state index in [1.807, 2.05) is 0 Å². The van der Waals surface area contributed by atoms with E-state index in [0.29, 0.717) is 5.69 Å². The summed E-state index contributed by atoms with van der Waals surface area (Å²) in [5, 5.41) is 24.9. The van der Waals surface area contributed by atoms with E-state index in [1.54, 1.807) is 12.1 Å². The molecule has 0 aliphatic rings. The van der Waals surface area contributed by atoms with Gasteiger partial charge in [0.25, 0.3) is 0 Å². The van der Waals surface area contributed by atoms with E-state index in [-0.39, 0.29) is 11.6 Å². The Hall–Kier alpha value is -2.37. The Labute approximate surface area is 84.4 Å². The fourth-order valence-electron chi connectivity index (χ4n) is 1.18. The predicted molar refractivity (Wildman–Crippen MR) is 50.0 cm³/mol. The van der Waals surface area contributed by atoms with E-state index in [1.165, 1.54) is 23.0 Å². The molecule has 0 saturated heterocycles. The number of carbonyl (C=O) groups is 1. The number of hydrogen-bond acceptors (Lipinski definition) is 4. The van der Waals surface area contributed by atoms with Crippen molar-refractivity contribution in [3.63, 3.8) is 0 Å². The smallest absolute Gasteiger partial charge is 0.374 e. The Kier molecular flexibility index (Phi) is 2.09. The van der Waals surface area contributed by atoms with Crippen LogP contribution in [0.1, 0.15) is 10.6 Å². The topological polar surface area (TPSA) is 88.2 Å². The van der Waals surface area contributed by atoms with Crippen molar-refractivity contribution in [2.75, 3.05) is 0 Å². The molecule has 0 unspecified atom stereocenters. The van der Waals surface area contributed by atoms with Crippen LogP contribution in [0.5, 0.6) is 5.75 Å². The first kappa shape index (κ1) is 9.20. The number of hydrogen-bond donors (Lipinski definition) is 2. The molecule has 2 rings (SSSR count). The van der Waals surface area contributed by atoms with Gasteiger partial charge in [-0.3, -0.25) is 4.57 Å². The Morgan fingerprint density at radius 3 is 2.53 bits per heavy atom. The van der Waals surface area contributed by atoms with Gasteiger partial charge in [-0.05, 0) is 24.3 Å². The lowest BCUT2D eigenvalue weighted by Crippen LogP contribution is -2.07. The predicted octanol–water partition coefficient (Wildman–Crippen LogP) is 0.671. The third-order valence-electron chi connectivity index (χ3n) is 1.87. The molecule has 0 aliphatic heterocycles. The van der Waals surface area contributed by atoms with Gasteiger partial charge in [-0.25, -0.2) is 4.79 Å². The standard InChI is InChI=1S/C9H7N3O3/c13-7-3-1-6(2-4-7)12-5-10-11-8(12)9(14)15/h1-5,13H,(H,14,15). The molecule has 6 nitrogen and oxygen atoms in total. The summed E-state index contributed by atoms with van der Waals surface area (Å²) in [4.78, 5) is 10.8. The minimum atomic E-state index is -1.15. The maximum Gasteiger partial charge on any atom is 0.374 e. The van der Waals surface area contributed by atoms with E-state index < -0.39 is 5.97 Å². The third kappa shape index (κ3) is 1.64. The van der Waals surface area contributed by atoms with Crippen LogP contribution in [0.4, 0.5) is 0 Å². The van der Waals surface area contributed by atoms with Gasteiger partial charge in [0.1, 0.15) is 12.1 Å². The second-order valence-electron chi connectivity index (χ2n) is 2.85. The summed E-state index contributed by atoms with van der Waals surface area (Å²) in [6.07, 6.45) is 1.30. The number of phenolic OH excluding ortho intramolecular Hbond substituents is 1. The lowest BCUT2D eigenvalue weighted by Gasteiger charge is -2.02. The molecule has 0 bridgehead atoms. The average molecular weight is 205 g/mol. The van der Waals surface area contributed by atoms with Gasteiger partial charge in [-0.2, -0.15) is 0 Å². The molecule has 76 valence electrons. The van der Waals surface area contributed by atoms with Crippen LogP contribution in [-0.4, -0.2) is 30.9 Å². The first-order chi connectivity index (χ1) is 7.18. The number of phenols is 1. The van der Waals surface area contributed by atoms with Crippen molar-refractivity contribution in [1.82, 2.24) is 14.8 Å². The molecule has 15 heavy (non-hydrogen) atoms. The molecule has 2 N–H and O–H groups in total. The quantitative estimate of drug-likeness (QED) is 0.752. The summed E-state index contributed by atoms with van der Waals surface area (Å²) >= 11 is 0. The Morgan fingerprint density at radius 2 is 1.93 bits per heavy atom. The first-order valence-electron chi connectivity index (χ1n) is 4.11. The summed E-state index contributed by atoms with van der Waals surface area (Å²) in [6, 6.07) is 6.07. The first-order valence-corrected chi connectivity index (χ1v) is 4.11. The fraction of sp³-hybridized carbons (Fsp3) is 0. The summed E-state index contributed by atoms with van der Waals surface area (Å²) in [6.45, 7) is 0. The van der Waals surface area contributed by atoms with Gasteiger partial charge in [0.05, 0.1) is 0 Å². The molecule has 0 aliphatic carbocycles. The van der Waals surface area contributed by atoms with Crippen molar-refractivity contribution in [3.8, 4) is 11.4 Å². The number of carboxylic acids is 1. The van der Waals surface area contributed by atoms with Crippen molar-refractivity contribution in [1.29, 1.82) is 0 Å². The fourth-order valence-corrected chi connectivity index (χ4v) is 1.18. The molecule has 0 saturated carbocycles. The van der Waals surface area contributed by atoms with Gasteiger partial charge in [-0.1, -0.05) is 0 Å². The molecule has 1 aromatic carbocycles. The third-order valence-corrected chi connectivity index (χ3v) is 1.87. The second kappa shape index (κ2) is 3.41. The highest BCUT2D eigenvalue weighted by molar-refractivity contribution is 5.84. The Bertz CT molecular complexity index is 490. The number of rotatable bonds is 2.